The third-order valence-corrected chi connectivity index (χ3v) is 4.90. The number of carbonyl (C=O) groups is 1. The van der Waals surface area contributed by atoms with E-state index in [4.69, 9.17) is 9.47 Å². The first-order chi connectivity index (χ1) is 12.7. The second-order valence-corrected chi connectivity index (χ2v) is 6.53. The van der Waals surface area contributed by atoms with E-state index >= 15 is 0 Å². The molecule has 2 N–H and O–H groups in total. The Bertz CT molecular complexity index is 866. The van der Waals surface area contributed by atoms with Crippen molar-refractivity contribution in [2.24, 2.45) is 0 Å². The Morgan fingerprint density at radius 1 is 1.30 bits per heavy atom. The smallest absolute Gasteiger partial charge is 0.250 e. The van der Waals surface area contributed by atoms with Gasteiger partial charge in [0.1, 0.15) is 18.1 Å². The highest BCUT2D eigenvalue weighted by atomic mass is 35.5. The highest BCUT2D eigenvalue weighted by Gasteiger charge is 2.22. The molecular formula is C21H23ClN2O3. The number of fused-ring (bicyclic) bond motifs is 2. The van der Waals surface area contributed by atoms with Crippen LogP contribution in [0.1, 0.15) is 22.7 Å². The third-order valence-electron chi connectivity index (χ3n) is 4.90. The number of benzene rings is 2. The first-order valence-corrected chi connectivity index (χ1v) is 8.85. The molecule has 1 atom stereocenters. The topological polar surface area (TPSA) is 59.6 Å². The summed E-state index contributed by atoms with van der Waals surface area (Å²) in [7, 11) is 1.62. The van der Waals surface area contributed by atoms with Gasteiger partial charge in [0.05, 0.1) is 12.7 Å². The molecule has 0 aliphatic carbocycles. The lowest BCUT2D eigenvalue weighted by Gasteiger charge is -2.27. The first kappa shape index (κ1) is 19.3. The molecule has 6 heteroatoms. The van der Waals surface area contributed by atoms with Gasteiger partial charge >= 0.3 is 0 Å². The molecule has 0 saturated heterocycles. The van der Waals surface area contributed by atoms with E-state index in [-0.39, 0.29) is 31.0 Å². The van der Waals surface area contributed by atoms with Crippen LogP contribution in [0.5, 0.6) is 11.5 Å². The number of carbonyl (C=O) groups excluding carboxylic acids is 1. The fourth-order valence-corrected chi connectivity index (χ4v) is 3.50. The predicted molar refractivity (Wildman–Crippen MR) is 108 cm³/mol. The quantitative estimate of drug-likeness (QED) is 0.848. The fourth-order valence-electron chi connectivity index (χ4n) is 3.50. The van der Waals surface area contributed by atoms with Crippen molar-refractivity contribution >= 4 is 24.4 Å². The largest absolute Gasteiger partial charge is 0.497 e. The van der Waals surface area contributed by atoms with Crippen molar-refractivity contribution in [2.45, 2.75) is 12.5 Å². The van der Waals surface area contributed by atoms with Gasteiger partial charge in [0.25, 0.3) is 5.91 Å². The zero-order chi connectivity index (χ0) is 17.9. The molecule has 0 saturated carbocycles. The van der Waals surface area contributed by atoms with Crippen LogP contribution in [0.25, 0.3) is 6.08 Å². The van der Waals surface area contributed by atoms with E-state index in [1.165, 1.54) is 11.1 Å². The summed E-state index contributed by atoms with van der Waals surface area (Å²) in [6, 6.07) is 14.1. The summed E-state index contributed by atoms with van der Waals surface area (Å²) in [6.45, 7) is 1.76. The molecular weight excluding hydrogens is 364 g/mol. The molecule has 27 heavy (non-hydrogen) atoms. The Morgan fingerprint density at radius 3 is 3.00 bits per heavy atom. The standard InChI is InChI=1S/C21H22N2O3.ClH/c1-25-17-6-7-20-15(11-17)10-16(13-26-20)21(24)23-12-19-18-5-3-2-4-14(18)8-9-22-19;/h2-7,10-11,19,22H,8-9,12-13H2,1H3,(H,23,24);1H. The average Bonchev–Trinajstić information content (AvgIpc) is 2.71. The van der Waals surface area contributed by atoms with Crippen LogP contribution in [0.4, 0.5) is 0 Å². The number of hydrogen-bond donors (Lipinski definition) is 2. The van der Waals surface area contributed by atoms with Gasteiger partial charge in [-0.15, -0.1) is 12.4 Å². The Kier molecular flexibility index (Phi) is 6.04. The van der Waals surface area contributed by atoms with Gasteiger partial charge in [0.15, 0.2) is 0 Å². The van der Waals surface area contributed by atoms with Crippen LogP contribution >= 0.6 is 12.4 Å². The second-order valence-electron chi connectivity index (χ2n) is 6.53. The maximum atomic E-state index is 12.6. The van der Waals surface area contributed by atoms with Crippen LogP contribution in [-0.4, -0.2) is 32.7 Å². The number of methoxy groups -OCH3 is 1. The van der Waals surface area contributed by atoms with E-state index < -0.39 is 0 Å². The number of hydrogen-bond acceptors (Lipinski definition) is 4. The first-order valence-electron chi connectivity index (χ1n) is 8.85. The average molecular weight is 387 g/mol. The number of nitrogens with one attached hydrogen (secondary N) is 2. The molecule has 5 nitrogen and oxygen atoms in total. The van der Waals surface area contributed by atoms with E-state index in [9.17, 15) is 4.79 Å². The lowest BCUT2D eigenvalue weighted by molar-refractivity contribution is -0.117. The molecule has 142 valence electrons. The number of amides is 1. The van der Waals surface area contributed by atoms with Crippen molar-refractivity contribution in [1.29, 1.82) is 0 Å². The lowest BCUT2D eigenvalue weighted by Crippen LogP contribution is -2.39. The van der Waals surface area contributed by atoms with E-state index in [0.717, 1.165) is 30.0 Å². The van der Waals surface area contributed by atoms with Gasteiger partial charge in [-0.05, 0) is 48.4 Å². The van der Waals surface area contributed by atoms with Crippen LogP contribution in [0.2, 0.25) is 0 Å². The van der Waals surface area contributed by atoms with Crippen LogP contribution in [0, 0.1) is 0 Å². The van der Waals surface area contributed by atoms with Crippen LogP contribution in [-0.2, 0) is 11.2 Å². The van der Waals surface area contributed by atoms with Gasteiger partial charge in [-0.3, -0.25) is 4.79 Å². The van der Waals surface area contributed by atoms with Crippen molar-refractivity contribution in [2.75, 3.05) is 26.8 Å². The van der Waals surface area contributed by atoms with Crippen molar-refractivity contribution in [3.8, 4) is 11.5 Å². The normalized spacial score (nSPS) is 17.4. The Hall–Kier alpha value is -2.50. The van der Waals surface area contributed by atoms with E-state index in [0.29, 0.717) is 12.1 Å². The van der Waals surface area contributed by atoms with Gasteiger partial charge in [0, 0.05) is 18.2 Å². The summed E-state index contributed by atoms with van der Waals surface area (Å²) in [5, 5.41) is 6.52. The summed E-state index contributed by atoms with van der Waals surface area (Å²) in [6.07, 6.45) is 2.90. The summed E-state index contributed by atoms with van der Waals surface area (Å²) in [5.41, 5.74) is 4.10. The molecule has 2 aliphatic heterocycles. The molecule has 0 radical (unpaired) electrons. The minimum atomic E-state index is -0.0941. The SMILES string of the molecule is COc1ccc2c(c1)C=C(C(=O)NCC1NCCc3ccccc31)CO2.Cl. The zero-order valence-corrected chi connectivity index (χ0v) is 16.0. The fraction of sp³-hybridized carbons (Fsp3) is 0.286. The molecule has 2 heterocycles. The minimum absolute atomic E-state index is 0. The Morgan fingerprint density at radius 2 is 2.15 bits per heavy atom. The van der Waals surface area contributed by atoms with Crippen molar-refractivity contribution < 1.29 is 14.3 Å². The van der Waals surface area contributed by atoms with Gasteiger partial charge in [0.2, 0.25) is 0 Å². The molecule has 0 spiro atoms. The molecule has 4 rings (SSSR count). The molecule has 0 aromatic heterocycles. The molecule has 2 aromatic rings. The highest BCUT2D eigenvalue weighted by Crippen LogP contribution is 2.30. The minimum Gasteiger partial charge on any atom is -0.497 e. The van der Waals surface area contributed by atoms with Gasteiger partial charge in [-0.1, -0.05) is 24.3 Å². The maximum absolute atomic E-state index is 12.6. The summed E-state index contributed by atoms with van der Waals surface area (Å²) in [4.78, 5) is 12.6. The van der Waals surface area contributed by atoms with Gasteiger partial charge < -0.3 is 20.1 Å². The van der Waals surface area contributed by atoms with Crippen molar-refractivity contribution in [3.63, 3.8) is 0 Å². The number of rotatable bonds is 4. The molecule has 1 unspecified atom stereocenters. The van der Waals surface area contributed by atoms with Crippen LogP contribution in [0.15, 0.2) is 48.0 Å². The number of ether oxygens (including phenoxy) is 2. The Balaban J connectivity index is 0.00000210. The summed E-state index contributed by atoms with van der Waals surface area (Å²) >= 11 is 0. The maximum Gasteiger partial charge on any atom is 0.250 e. The molecule has 0 bridgehead atoms. The van der Waals surface area contributed by atoms with E-state index in [1.54, 1.807) is 7.11 Å². The van der Waals surface area contributed by atoms with Crippen molar-refractivity contribution in [3.05, 3.63) is 64.7 Å². The van der Waals surface area contributed by atoms with Crippen molar-refractivity contribution in [1.82, 2.24) is 10.6 Å². The van der Waals surface area contributed by atoms with Crippen LogP contribution in [0.3, 0.4) is 0 Å². The monoisotopic (exact) mass is 386 g/mol. The molecule has 1 amide bonds. The second kappa shape index (κ2) is 8.46. The lowest BCUT2D eigenvalue weighted by atomic mass is 9.94. The van der Waals surface area contributed by atoms with E-state index in [1.807, 2.05) is 30.3 Å². The number of halogens is 1. The molecule has 2 aliphatic rings. The van der Waals surface area contributed by atoms with E-state index in [2.05, 4.69) is 28.8 Å². The van der Waals surface area contributed by atoms with Gasteiger partial charge in [-0.2, -0.15) is 0 Å². The molecule has 0 fully saturated rings. The van der Waals surface area contributed by atoms with Gasteiger partial charge in [-0.25, -0.2) is 0 Å². The Labute approximate surface area is 165 Å². The zero-order valence-electron chi connectivity index (χ0n) is 15.2. The summed E-state index contributed by atoms with van der Waals surface area (Å²) in [5.74, 6) is 1.42. The third kappa shape index (κ3) is 4.10. The van der Waals surface area contributed by atoms with Crippen LogP contribution < -0.4 is 20.1 Å². The summed E-state index contributed by atoms with van der Waals surface area (Å²) < 4.78 is 10.9. The molecule has 2 aromatic carbocycles. The highest BCUT2D eigenvalue weighted by molar-refractivity contribution is 5.99. The predicted octanol–water partition coefficient (Wildman–Crippen LogP) is 2.90.